The summed E-state index contributed by atoms with van der Waals surface area (Å²) in [5, 5.41) is 2.03. The van der Waals surface area contributed by atoms with Crippen molar-refractivity contribution in [3.8, 4) is 11.1 Å². The lowest BCUT2D eigenvalue weighted by molar-refractivity contribution is 0.817. The van der Waals surface area contributed by atoms with Crippen LogP contribution in [-0.2, 0) is 0 Å². The van der Waals surface area contributed by atoms with Gasteiger partial charge in [-0.25, -0.2) is 4.98 Å². The number of thiophene rings is 1. The van der Waals surface area contributed by atoms with Crippen LogP contribution < -0.4 is 10.5 Å². The second kappa shape index (κ2) is 5.78. The molecular formula is C16H15N3OS2. The second-order valence-electron chi connectivity index (χ2n) is 5.18. The molecule has 4 nitrogen and oxygen atoms in total. The van der Waals surface area contributed by atoms with Gasteiger partial charge in [0.1, 0.15) is 4.70 Å². The van der Waals surface area contributed by atoms with Crippen LogP contribution in [0, 0.1) is 0 Å². The number of benzene rings is 1. The van der Waals surface area contributed by atoms with Crippen LogP contribution in [0.3, 0.4) is 0 Å². The SMILES string of the molecule is O=c1[nH]c(N2CCSCC2)nc2c(-c3ccccc3)csc12. The number of thioether (sulfide) groups is 1. The van der Waals surface area contributed by atoms with Gasteiger partial charge in [-0.2, -0.15) is 11.8 Å². The predicted molar refractivity (Wildman–Crippen MR) is 95.2 cm³/mol. The molecule has 22 heavy (non-hydrogen) atoms. The maximum Gasteiger partial charge on any atom is 0.270 e. The van der Waals surface area contributed by atoms with Crippen molar-refractivity contribution in [3.05, 3.63) is 46.1 Å². The molecular weight excluding hydrogens is 314 g/mol. The third kappa shape index (κ3) is 2.42. The summed E-state index contributed by atoms with van der Waals surface area (Å²) in [6.45, 7) is 1.87. The van der Waals surface area contributed by atoms with Gasteiger partial charge in [0.15, 0.2) is 0 Å². The standard InChI is InChI=1S/C16H15N3OS2/c20-15-14-13(12(10-22-14)11-4-2-1-3-5-11)17-16(18-15)19-6-8-21-9-7-19/h1-5,10H,6-9H2,(H,17,18,20). The molecule has 1 aromatic carbocycles. The molecule has 1 fully saturated rings. The molecule has 0 saturated carbocycles. The number of nitrogens with zero attached hydrogens (tertiary/aromatic N) is 2. The molecule has 6 heteroatoms. The van der Waals surface area contributed by atoms with Gasteiger partial charge in [0, 0.05) is 35.5 Å². The Morgan fingerprint density at radius 3 is 2.68 bits per heavy atom. The van der Waals surface area contributed by atoms with Crippen molar-refractivity contribution in [3.63, 3.8) is 0 Å². The largest absolute Gasteiger partial charge is 0.341 e. The first-order chi connectivity index (χ1) is 10.8. The monoisotopic (exact) mass is 329 g/mol. The van der Waals surface area contributed by atoms with Crippen molar-refractivity contribution in [1.82, 2.24) is 9.97 Å². The third-order valence-electron chi connectivity index (χ3n) is 3.81. The minimum atomic E-state index is -0.0367. The fourth-order valence-corrected chi connectivity index (χ4v) is 4.48. The van der Waals surface area contributed by atoms with Crippen LogP contribution in [0.5, 0.6) is 0 Å². The van der Waals surface area contributed by atoms with Crippen molar-refractivity contribution in [1.29, 1.82) is 0 Å². The average Bonchev–Trinajstić information content (AvgIpc) is 3.01. The molecule has 0 atom stereocenters. The van der Waals surface area contributed by atoms with E-state index in [0.717, 1.165) is 41.2 Å². The summed E-state index contributed by atoms with van der Waals surface area (Å²) in [5.41, 5.74) is 2.92. The minimum absolute atomic E-state index is 0.0367. The van der Waals surface area contributed by atoms with Crippen LogP contribution in [0.4, 0.5) is 5.95 Å². The Balaban J connectivity index is 1.86. The number of anilines is 1. The first-order valence-electron chi connectivity index (χ1n) is 7.22. The third-order valence-corrected chi connectivity index (χ3v) is 5.72. The van der Waals surface area contributed by atoms with E-state index in [2.05, 4.69) is 22.0 Å². The zero-order valence-electron chi connectivity index (χ0n) is 11.9. The molecule has 1 saturated heterocycles. The van der Waals surface area contributed by atoms with Gasteiger partial charge in [-0.15, -0.1) is 11.3 Å². The van der Waals surface area contributed by atoms with Gasteiger partial charge >= 0.3 is 0 Å². The van der Waals surface area contributed by atoms with Crippen LogP contribution in [0.25, 0.3) is 21.3 Å². The van der Waals surface area contributed by atoms with Crippen molar-refractivity contribution in [2.24, 2.45) is 0 Å². The molecule has 0 amide bonds. The Morgan fingerprint density at radius 2 is 1.91 bits per heavy atom. The van der Waals surface area contributed by atoms with E-state index in [1.165, 1.54) is 11.3 Å². The number of aromatic amines is 1. The van der Waals surface area contributed by atoms with Gasteiger partial charge in [-0.05, 0) is 5.56 Å². The minimum Gasteiger partial charge on any atom is -0.341 e. The molecule has 0 bridgehead atoms. The normalized spacial score (nSPS) is 15.4. The Labute approximate surface area is 136 Å². The van der Waals surface area contributed by atoms with Gasteiger partial charge < -0.3 is 4.90 Å². The van der Waals surface area contributed by atoms with E-state index in [9.17, 15) is 4.79 Å². The Bertz CT molecular complexity index is 851. The van der Waals surface area contributed by atoms with E-state index < -0.39 is 0 Å². The summed E-state index contributed by atoms with van der Waals surface area (Å²) < 4.78 is 0.703. The van der Waals surface area contributed by atoms with Gasteiger partial charge in [0.05, 0.1) is 5.52 Å². The molecule has 0 radical (unpaired) electrons. The molecule has 1 aliphatic rings. The molecule has 4 rings (SSSR count). The highest BCUT2D eigenvalue weighted by Crippen LogP contribution is 2.31. The Kier molecular flexibility index (Phi) is 3.63. The molecule has 112 valence electrons. The highest BCUT2D eigenvalue weighted by molar-refractivity contribution is 7.99. The van der Waals surface area contributed by atoms with E-state index in [0.29, 0.717) is 10.6 Å². The quantitative estimate of drug-likeness (QED) is 0.784. The smallest absolute Gasteiger partial charge is 0.270 e. The van der Waals surface area contributed by atoms with Gasteiger partial charge in [0.25, 0.3) is 5.56 Å². The zero-order chi connectivity index (χ0) is 14.9. The van der Waals surface area contributed by atoms with E-state index in [4.69, 9.17) is 4.98 Å². The molecule has 0 spiro atoms. The molecule has 3 aromatic rings. The lowest BCUT2D eigenvalue weighted by Crippen LogP contribution is -2.34. The lowest BCUT2D eigenvalue weighted by Gasteiger charge is -2.26. The fourth-order valence-electron chi connectivity index (χ4n) is 2.66. The van der Waals surface area contributed by atoms with Gasteiger partial charge in [-0.3, -0.25) is 9.78 Å². The number of hydrogen-bond donors (Lipinski definition) is 1. The van der Waals surface area contributed by atoms with Crippen molar-refractivity contribution < 1.29 is 0 Å². The molecule has 1 N–H and O–H groups in total. The number of fused-ring (bicyclic) bond motifs is 1. The van der Waals surface area contributed by atoms with E-state index in [-0.39, 0.29) is 5.56 Å². The first-order valence-corrected chi connectivity index (χ1v) is 9.26. The highest BCUT2D eigenvalue weighted by atomic mass is 32.2. The summed E-state index contributed by atoms with van der Waals surface area (Å²) in [5.74, 6) is 2.86. The molecule has 1 aliphatic heterocycles. The topological polar surface area (TPSA) is 49.0 Å². The van der Waals surface area contributed by atoms with Gasteiger partial charge in [-0.1, -0.05) is 30.3 Å². The number of hydrogen-bond acceptors (Lipinski definition) is 5. The predicted octanol–water partition coefficient (Wildman–Crippen LogP) is 3.20. The van der Waals surface area contributed by atoms with Crippen molar-refractivity contribution >= 4 is 39.3 Å². The van der Waals surface area contributed by atoms with Crippen LogP contribution in [0.15, 0.2) is 40.5 Å². The molecule has 3 heterocycles. The zero-order valence-corrected chi connectivity index (χ0v) is 13.5. The van der Waals surface area contributed by atoms with E-state index in [1.807, 2.05) is 35.3 Å². The van der Waals surface area contributed by atoms with Crippen LogP contribution in [0.2, 0.25) is 0 Å². The van der Waals surface area contributed by atoms with Crippen molar-refractivity contribution in [2.75, 3.05) is 29.5 Å². The van der Waals surface area contributed by atoms with E-state index in [1.54, 1.807) is 0 Å². The average molecular weight is 329 g/mol. The lowest BCUT2D eigenvalue weighted by atomic mass is 10.1. The van der Waals surface area contributed by atoms with Gasteiger partial charge in [0.2, 0.25) is 5.95 Å². The number of rotatable bonds is 2. The Hall–Kier alpha value is -1.79. The number of nitrogens with one attached hydrogen (secondary N) is 1. The summed E-state index contributed by atoms with van der Waals surface area (Å²) in [7, 11) is 0. The summed E-state index contributed by atoms with van der Waals surface area (Å²) in [6, 6.07) is 10.1. The first kappa shape index (κ1) is 13.8. The fraction of sp³-hybridized carbons (Fsp3) is 0.250. The second-order valence-corrected chi connectivity index (χ2v) is 7.29. The molecule has 0 unspecified atom stereocenters. The molecule has 2 aromatic heterocycles. The van der Waals surface area contributed by atoms with Crippen LogP contribution in [0.1, 0.15) is 0 Å². The molecule has 0 aliphatic carbocycles. The number of H-pyrrole nitrogens is 1. The summed E-state index contributed by atoms with van der Waals surface area (Å²) in [4.78, 5) is 22.3. The van der Waals surface area contributed by atoms with E-state index >= 15 is 0 Å². The maximum atomic E-state index is 12.4. The van der Waals surface area contributed by atoms with Crippen LogP contribution in [-0.4, -0.2) is 34.6 Å². The van der Waals surface area contributed by atoms with Crippen LogP contribution >= 0.6 is 23.1 Å². The summed E-state index contributed by atoms with van der Waals surface area (Å²) >= 11 is 3.41. The highest BCUT2D eigenvalue weighted by Gasteiger charge is 2.17. The number of aromatic nitrogens is 2. The summed E-state index contributed by atoms with van der Waals surface area (Å²) in [6.07, 6.45) is 0. The maximum absolute atomic E-state index is 12.4. The Morgan fingerprint density at radius 1 is 1.14 bits per heavy atom. The van der Waals surface area contributed by atoms with Crippen molar-refractivity contribution in [2.45, 2.75) is 0 Å².